The van der Waals surface area contributed by atoms with Gasteiger partial charge in [0.25, 0.3) is 5.91 Å². The van der Waals surface area contributed by atoms with Gasteiger partial charge in [-0.2, -0.15) is 4.98 Å². The minimum atomic E-state index is -0.305. The van der Waals surface area contributed by atoms with Crippen molar-refractivity contribution in [2.24, 2.45) is 0 Å². The van der Waals surface area contributed by atoms with Crippen LogP contribution in [0.25, 0.3) is 11.1 Å². The first-order valence-corrected chi connectivity index (χ1v) is 9.06. The largest absolute Gasteiger partial charge is 0.484 e. The molecule has 0 aliphatic heterocycles. The van der Waals surface area contributed by atoms with Crippen molar-refractivity contribution < 1.29 is 18.7 Å². The summed E-state index contributed by atoms with van der Waals surface area (Å²) in [5, 5.41) is 0. The smallest absolute Gasteiger partial charge is 0.305 e. The van der Waals surface area contributed by atoms with Gasteiger partial charge >= 0.3 is 6.01 Å². The number of hydrogen-bond donors (Lipinski definition) is 0. The molecule has 1 heterocycles. The molecule has 0 aliphatic carbocycles. The average Bonchev–Trinajstić information content (AvgIpc) is 3.21. The summed E-state index contributed by atoms with van der Waals surface area (Å²) >= 11 is 0. The predicted octanol–water partition coefficient (Wildman–Crippen LogP) is 4.10. The number of ether oxygens (including phenoxy) is 1. The summed E-state index contributed by atoms with van der Waals surface area (Å²) in [5.41, 5.74) is 2.47. The number of fused-ring (bicyclic) bond motifs is 1. The molecule has 0 radical (unpaired) electrons. The van der Waals surface area contributed by atoms with Crippen molar-refractivity contribution in [1.82, 2.24) is 4.98 Å². The lowest BCUT2D eigenvalue weighted by Gasteiger charge is -2.13. The van der Waals surface area contributed by atoms with Crippen LogP contribution in [0.3, 0.4) is 0 Å². The van der Waals surface area contributed by atoms with Crippen molar-refractivity contribution in [3.05, 3.63) is 90.0 Å². The van der Waals surface area contributed by atoms with Crippen molar-refractivity contribution in [1.29, 1.82) is 0 Å². The summed E-state index contributed by atoms with van der Waals surface area (Å²) in [6.07, 6.45) is 0. The molecule has 0 aliphatic rings. The summed E-state index contributed by atoms with van der Waals surface area (Å²) in [6.45, 7) is -0.179. The highest BCUT2D eigenvalue weighted by molar-refractivity contribution is 6.09. The topological polar surface area (TPSA) is 72.6 Å². The molecule has 0 N–H and O–H groups in total. The van der Waals surface area contributed by atoms with E-state index in [0.29, 0.717) is 28.0 Å². The van der Waals surface area contributed by atoms with Crippen molar-refractivity contribution in [3.63, 3.8) is 0 Å². The van der Waals surface area contributed by atoms with E-state index in [1.54, 1.807) is 49.5 Å². The number of anilines is 1. The van der Waals surface area contributed by atoms with Crippen LogP contribution < -0.4 is 9.64 Å². The number of ketones is 1. The van der Waals surface area contributed by atoms with Crippen LogP contribution in [0.2, 0.25) is 0 Å². The molecule has 0 saturated heterocycles. The fraction of sp³-hybridized carbons (Fsp3) is 0.0870. The number of para-hydroxylation sites is 2. The maximum atomic E-state index is 12.4. The van der Waals surface area contributed by atoms with E-state index >= 15 is 0 Å². The molecule has 0 spiro atoms. The summed E-state index contributed by atoms with van der Waals surface area (Å²) in [6, 6.07) is 23.3. The number of oxazole rings is 1. The van der Waals surface area contributed by atoms with Crippen molar-refractivity contribution in [3.8, 4) is 5.75 Å². The number of nitrogens with zero attached hydrogens (tertiary/aromatic N) is 2. The Morgan fingerprint density at radius 2 is 1.55 bits per heavy atom. The molecule has 144 valence electrons. The molecule has 3 aromatic carbocycles. The maximum absolute atomic E-state index is 12.4. The van der Waals surface area contributed by atoms with Crippen molar-refractivity contribution in [2.75, 3.05) is 18.6 Å². The fourth-order valence-electron chi connectivity index (χ4n) is 2.81. The molecule has 0 bridgehead atoms. The van der Waals surface area contributed by atoms with Gasteiger partial charge in [-0.25, -0.2) is 0 Å². The van der Waals surface area contributed by atoms with E-state index in [2.05, 4.69) is 4.98 Å². The van der Waals surface area contributed by atoms with E-state index in [0.717, 1.165) is 0 Å². The van der Waals surface area contributed by atoms with Crippen molar-refractivity contribution >= 4 is 28.8 Å². The van der Waals surface area contributed by atoms with Gasteiger partial charge in [-0.1, -0.05) is 42.5 Å². The van der Waals surface area contributed by atoms with E-state index in [9.17, 15) is 9.59 Å². The molecule has 4 rings (SSSR count). The highest BCUT2D eigenvalue weighted by Crippen LogP contribution is 2.21. The zero-order chi connectivity index (χ0) is 20.2. The van der Waals surface area contributed by atoms with Gasteiger partial charge in [0, 0.05) is 18.2 Å². The molecule has 1 amide bonds. The Kier molecular flexibility index (Phi) is 5.07. The monoisotopic (exact) mass is 386 g/mol. The second-order valence-corrected chi connectivity index (χ2v) is 6.43. The zero-order valence-corrected chi connectivity index (χ0v) is 15.7. The Bertz CT molecular complexity index is 1120. The summed E-state index contributed by atoms with van der Waals surface area (Å²) in [7, 11) is 1.58. The van der Waals surface area contributed by atoms with E-state index in [4.69, 9.17) is 9.15 Å². The van der Waals surface area contributed by atoms with Crippen LogP contribution in [0.4, 0.5) is 6.01 Å². The molecular weight excluding hydrogens is 368 g/mol. The normalized spacial score (nSPS) is 10.7. The molecule has 6 nitrogen and oxygen atoms in total. The van der Waals surface area contributed by atoms with E-state index in [-0.39, 0.29) is 24.3 Å². The molecule has 29 heavy (non-hydrogen) atoms. The molecule has 4 aromatic rings. The van der Waals surface area contributed by atoms with Crippen LogP contribution in [0.5, 0.6) is 5.75 Å². The highest BCUT2D eigenvalue weighted by atomic mass is 16.5. The Hall–Kier alpha value is -3.93. The average molecular weight is 386 g/mol. The molecule has 6 heteroatoms. The standard InChI is InChI=1S/C23H18N2O4/c1-25(23-24-19-9-5-6-10-20(19)29-23)21(26)15-28-18-13-11-17(12-14-18)22(27)16-7-3-2-4-8-16/h2-14H,15H2,1H3. The maximum Gasteiger partial charge on any atom is 0.305 e. The van der Waals surface area contributed by atoms with Gasteiger partial charge in [0.1, 0.15) is 11.3 Å². The molecule has 0 fully saturated rings. The van der Waals surface area contributed by atoms with Crippen LogP contribution >= 0.6 is 0 Å². The number of rotatable bonds is 6. The van der Waals surface area contributed by atoms with Gasteiger partial charge in [0.2, 0.25) is 0 Å². The van der Waals surface area contributed by atoms with E-state index < -0.39 is 0 Å². The number of hydrogen-bond acceptors (Lipinski definition) is 5. The van der Waals surface area contributed by atoms with Gasteiger partial charge in [-0.15, -0.1) is 0 Å². The molecule has 0 unspecified atom stereocenters. The lowest BCUT2D eigenvalue weighted by atomic mass is 10.0. The number of carbonyl (C=O) groups excluding carboxylic acids is 2. The predicted molar refractivity (Wildman–Crippen MR) is 109 cm³/mol. The Labute approximate surface area is 167 Å². The quantitative estimate of drug-likeness (QED) is 0.467. The minimum Gasteiger partial charge on any atom is -0.484 e. The van der Waals surface area contributed by atoms with Gasteiger partial charge < -0.3 is 9.15 Å². The summed E-state index contributed by atoms with van der Waals surface area (Å²) < 4.78 is 11.1. The first-order valence-electron chi connectivity index (χ1n) is 9.06. The number of amides is 1. The van der Waals surface area contributed by atoms with Gasteiger partial charge in [-0.05, 0) is 36.4 Å². The number of likely N-dealkylation sites (N-methyl/N-ethyl adjacent to an activating group) is 1. The zero-order valence-electron chi connectivity index (χ0n) is 15.7. The highest BCUT2D eigenvalue weighted by Gasteiger charge is 2.17. The number of benzene rings is 3. The molecular formula is C23H18N2O4. The second kappa shape index (κ2) is 7.98. The van der Waals surface area contributed by atoms with E-state index in [1.165, 1.54) is 4.90 Å². The minimum absolute atomic E-state index is 0.0658. The van der Waals surface area contributed by atoms with Gasteiger partial charge in [0.15, 0.2) is 18.0 Å². The SMILES string of the molecule is CN(C(=O)COc1ccc(C(=O)c2ccccc2)cc1)c1nc2ccccc2o1. The Balaban J connectivity index is 1.38. The number of carbonyl (C=O) groups is 2. The van der Waals surface area contributed by atoms with Crippen LogP contribution in [0.15, 0.2) is 83.3 Å². The Morgan fingerprint density at radius 3 is 2.28 bits per heavy atom. The summed E-state index contributed by atoms with van der Waals surface area (Å²) in [4.78, 5) is 30.4. The van der Waals surface area contributed by atoms with Gasteiger partial charge in [0.05, 0.1) is 0 Å². The van der Waals surface area contributed by atoms with E-state index in [1.807, 2.05) is 36.4 Å². The lowest BCUT2D eigenvalue weighted by molar-refractivity contribution is -0.120. The van der Waals surface area contributed by atoms with Gasteiger partial charge in [-0.3, -0.25) is 14.5 Å². The van der Waals surface area contributed by atoms with Crippen LogP contribution in [0.1, 0.15) is 15.9 Å². The third-order valence-corrected chi connectivity index (χ3v) is 4.46. The second-order valence-electron chi connectivity index (χ2n) is 6.43. The molecule has 0 atom stereocenters. The van der Waals surface area contributed by atoms with Crippen LogP contribution in [-0.4, -0.2) is 30.3 Å². The lowest BCUT2D eigenvalue weighted by Crippen LogP contribution is -2.31. The third kappa shape index (κ3) is 4.01. The number of aromatic nitrogens is 1. The first kappa shape index (κ1) is 18.4. The Morgan fingerprint density at radius 1 is 0.897 bits per heavy atom. The van der Waals surface area contributed by atoms with Crippen molar-refractivity contribution in [2.45, 2.75) is 0 Å². The first-order chi connectivity index (χ1) is 14.1. The van der Waals surface area contributed by atoms with Crippen LogP contribution in [-0.2, 0) is 4.79 Å². The van der Waals surface area contributed by atoms with Crippen LogP contribution in [0, 0.1) is 0 Å². The summed E-state index contributed by atoms with van der Waals surface area (Å²) in [5.74, 6) is 0.124. The fourth-order valence-corrected chi connectivity index (χ4v) is 2.81. The molecule has 0 saturated carbocycles. The molecule has 1 aromatic heterocycles. The third-order valence-electron chi connectivity index (χ3n) is 4.46.